The first-order valence-electron chi connectivity index (χ1n) is 4.68. The van der Waals surface area contributed by atoms with Crippen LogP contribution in [-0.2, 0) is 0 Å². The molecule has 0 aromatic rings. The number of hydrogen-bond donors (Lipinski definition) is 0. The molecule has 2 nitrogen and oxygen atoms in total. The summed E-state index contributed by atoms with van der Waals surface area (Å²) in [5.41, 5.74) is 0. The van der Waals surface area contributed by atoms with E-state index in [0.29, 0.717) is 0 Å². The van der Waals surface area contributed by atoms with E-state index >= 15 is 0 Å². The highest BCUT2D eigenvalue weighted by Gasteiger charge is 2.16. The molecule has 1 saturated heterocycles. The quantitative estimate of drug-likeness (QED) is 0.596. The minimum atomic E-state index is 0.812. The normalized spacial score (nSPS) is 21.0. The molecule has 0 unspecified atom stereocenters. The molecule has 1 aliphatic heterocycles. The average molecular weight is 155 g/mol. The summed E-state index contributed by atoms with van der Waals surface area (Å²) in [5.74, 6) is 0. The van der Waals surface area contributed by atoms with E-state index in [2.05, 4.69) is 24.2 Å². The number of nitrogens with zero attached hydrogens (tertiary/aromatic N) is 2. The van der Waals surface area contributed by atoms with Crippen molar-refractivity contribution in [2.24, 2.45) is 0 Å². The van der Waals surface area contributed by atoms with Crippen LogP contribution in [0.5, 0.6) is 0 Å². The van der Waals surface area contributed by atoms with Gasteiger partial charge in [0.1, 0.15) is 0 Å². The van der Waals surface area contributed by atoms with Gasteiger partial charge >= 0.3 is 0 Å². The molecule has 0 aromatic carbocycles. The van der Waals surface area contributed by atoms with Crippen LogP contribution in [0.3, 0.4) is 0 Å². The molecule has 0 aromatic heterocycles. The predicted octanol–water partition coefficient (Wildman–Crippen LogP) is 1.09. The second-order valence-electron chi connectivity index (χ2n) is 3.38. The van der Waals surface area contributed by atoms with Crippen molar-refractivity contribution in [3.8, 4) is 0 Å². The Kier molecular flexibility index (Phi) is 3.87. The molecule has 0 amide bonds. The molecule has 0 bridgehead atoms. The van der Waals surface area contributed by atoms with E-state index < -0.39 is 0 Å². The highest BCUT2D eigenvalue weighted by Crippen LogP contribution is 2.10. The van der Waals surface area contributed by atoms with Crippen LogP contribution in [0.2, 0.25) is 0 Å². The Morgan fingerprint density at radius 1 is 1.36 bits per heavy atom. The Bertz CT molecular complexity index is 97.7. The third-order valence-electron chi connectivity index (χ3n) is 2.44. The average Bonchev–Trinajstić information content (AvgIpc) is 2.07. The molecule has 1 rings (SSSR count). The second-order valence-corrected chi connectivity index (χ2v) is 3.38. The highest BCUT2D eigenvalue weighted by atomic mass is 15.1. The molecular formula is C9H19N2. The smallest absolute Gasteiger partial charge is 0.0148 e. The first-order chi connectivity index (χ1) is 5.34. The van der Waals surface area contributed by atoms with Gasteiger partial charge in [-0.05, 0) is 32.9 Å². The van der Waals surface area contributed by atoms with Crippen molar-refractivity contribution in [3.05, 3.63) is 0 Å². The van der Waals surface area contributed by atoms with Crippen LogP contribution >= 0.6 is 0 Å². The zero-order chi connectivity index (χ0) is 8.10. The van der Waals surface area contributed by atoms with Crippen molar-refractivity contribution in [1.29, 1.82) is 0 Å². The summed E-state index contributed by atoms with van der Waals surface area (Å²) in [6.45, 7) is 5.64. The Labute approximate surface area is 70.0 Å². The summed E-state index contributed by atoms with van der Waals surface area (Å²) < 4.78 is 0. The van der Waals surface area contributed by atoms with Gasteiger partial charge in [0, 0.05) is 19.1 Å². The van der Waals surface area contributed by atoms with Gasteiger partial charge in [-0.15, -0.1) is 0 Å². The maximum atomic E-state index is 4.34. The molecular weight excluding hydrogens is 136 g/mol. The van der Waals surface area contributed by atoms with Crippen LogP contribution < -0.4 is 5.32 Å². The lowest BCUT2D eigenvalue weighted by Gasteiger charge is -2.30. The molecule has 0 N–H and O–H groups in total. The summed E-state index contributed by atoms with van der Waals surface area (Å²) in [4.78, 5) is 2.48. The van der Waals surface area contributed by atoms with Crippen LogP contribution in [0.15, 0.2) is 0 Å². The zero-order valence-corrected chi connectivity index (χ0v) is 7.71. The minimum absolute atomic E-state index is 0.812. The monoisotopic (exact) mass is 155 g/mol. The molecule has 0 atom stereocenters. The topological polar surface area (TPSA) is 17.3 Å². The van der Waals surface area contributed by atoms with E-state index in [1.54, 1.807) is 0 Å². The van der Waals surface area contributed by atoms with Gasteiger partial charge in [0.05, 0.1) is 0 Å². The fourth-order valence-electron chi connectivity index (χ4n) is 1.71. The number of piperidine rings is 1. The maximum Gasteiger partial charge on any atom is 0.0148 e. The number of rotatable bonds is 3. The van der Waals surface area contributed by atoms with Crippen LogP contribution in [0, 0.1) is 0 Å². The van der Waals surface area contributed by atoms with Gasteiger partial charge in [-0.3, -0.25) is 0 Å². The SMILES string of the molecule is CCCN(C)C1CC[N]CC1. The lowest BCUT2D eigenvalue weighted by molar-refractivity contribution is 0.198. The molecule has 1 heterocycles. The van der Waals surface area contributed by atoms with Crippen LogP contribution in [0.4, 0.5) is 0 Å². The third kappa shape index (κ3) is 2.80. The van der Waals surface area contributed by atoms with Gasteiger partial charge in [-0.25, -0.2) is 5.32 Å². The van der Waals surface area contributed by atoms with Crippen molar-refractivity contribution in [3.63, 3.8) is 0 Å². The second kappa shape index (κ2) is 4.73. The molecule has 0 spiro atoms. The molecule has 0 saturated carbocycles. The Morgan fingerprint density at radius 2 is 2.00 bits per heavy atom. The molecule has 1 aliphatic rings. The Morgan fingerprint density at radius 3 is 2.55 bits per heavy atom. The fraction of sp³-hybridized carbons (Fsp3) is 1.00. The molecule has 1 radical (unpaired) electrons. The Balaban J connectivity index is 2.21. The van der Waals surface area contributed by atoms with Gasteiger partial charge in [0.2, 0.25) is 0 Å². The maximum absolute atomic E-state index is 4.34. The van der Waals surface area contributed by atoms with E-state index in [1.807, 2.05) is 0 Å². The molecule has 1 fully saturated rings. The van der Waals surface area contributed by atoms with Crippen molar-refractivity contribution in [1.82, 2.24) is 10.2 Å². The summed E-state index contributed by atoms with van der Waals surface area (Å²) >= 11 is 0. The largest absolute Gasteiger partial charge is 0.303 e. The van der Waals surface area contributed by atoms with E-state index in [1.165, 1.54) is 25.8 Å². The molecule has 65 valence electrons. The van der Waals surface area contributed by atoms with Gasteiger partial charge < -0.3 is 4.90 Å². The third-order valence-corrected chi connectivity index (χ3v) is 2.44. The fourth-order valence-corrected chi connectivity index (χ4v) is 1.71. The van der Waals surface area contributed by atoms with Crippen molar-refractivity contribution in [2.45, 2.75) is 32.2 Å². The van der Waals surface area contributed by atoms with Crippen molar-refractivity contribution in [2.75, 3.05) is 26.7 Å². The minimum Gasteiger partial charge on any atom is -0.303 e. The first-order valence-corrected chi connectivity index (χ1v) is 4.68. The Hall–Kier alpha value is -0.0800. The van der Waals surface area contributed by atoms with Crippen molar-refractivity contribution >= 4 is 0 Å². The number of hydrogen-bond acceptors (Lipinski definition) is 1. The predicted molar refractivity (Wildman–Crippen MR) is 47.8 cm³/mol. The standard InChI is InChI=1S/C9H19N2/c1-3-8-11(2)9-4-6-10-7-5-9/h9H,3-8H2,1-2H3. The van der Waals surface area contributed by atoms with E-state index in [4.69, 9.17) is 0 Å². The lowest BCUT2D eigenvalue weighted by atomic mass is 10.1. The summed E-state index contributed by atoms with van der Waals surface area (Å²) in [6, 6.07) is 0.812. The lowest BCUT2D eigenvalue weighted by Crippen LogP contribution is -2.39. The van der Waals surface area contributed by atoms with Crippen molar-refractivity contribution < 1.29 is 0 Å². The summed E-state index contributed by atoms with van der Waals surface area (Å²) in [6.07, 6.45) is 3.82. The molecule has 2 heteroatoms. The van der Waals surface area contributed by atoms with Crippen LogP contribution in [0.1, 0.15) is 26.2 Å². The highest BCUT2D eigenvalue weighted by molar-refractivity contribution is 4.74. The molecule has 11 heavy (non-hydrogen) atoms. The molecule has 0 aliphatic carbocycles. The van der Waals surface area contributed by atoms with Gasteiger partial charge in [-0.2, -0.15) is 0 Å². The van der Waals surface area contributed by atoms with Gasteiger partial charge in [-0.1, -0.05) is 6.92 Å². The van der Waals surface area contributed by atoms with Gasteiger partial charge in [0.15, 0.2) is 0 Å². The summed E-state index contributed by atoms with van der Waals surface area (Å²) in [7, 11) is 2.24. The van der Waals surface area contributed by atoms with E-state index in [9.17, 15) is 0 Å². The van der Waals surface area contributed by atoms with Gasteiger partial charge in [0.25, 0.3) is 0 Å². The first kappa shape index (κ1) is 9.01. The van der Waals surface area contributed by atoms with Crippen LogP contribution in [0.25, 0.3) is 0 Å². The van der Waals surface area contributed by atoms with E-state index in [-0.39, 0.29) is 0 Å². The zero-order valence-electron chi connectivity index (χ0n) is 7.71. The summed E-state index contributed by atoms with van der Waals surface area (Å²) in [5, 5.41) is 4.34. The van der Waals surface area contributed by atoms with E-state index in [0.717, 1.165) is 19.1 Å². The van der Waals surface area contributed by atoms with Crippen LogP contribution in [-0.4, -0.2) is 37.6 Å².